The average Bonchev–Trinajstić information content (AvgIpc) is 2.42. The Hall–Kier alpha value is -1.67. The zero-order chi connectivity index (χ0) is 13.8. The van der Waals surface area contributed by atoms with Crippen LogP contribution >= 0.6 is 0 Å². The number of likely N-dealkylation sites (N-methyl/N-ethyl adjacent to an activating group) is 1. The van der Waals surface area contributed by atoms with Crippen molar-refractivity contribution in [2.75, 3.05) is 7.05 Å². The molecule has 0 saturated carbocycles. The van der Waals surface area contributed by atoms with Crippen LogP contribution in [-0.2, 0) is 6.42 Å². The third-order valence-corrected chi connectivity index (χ3v) is 3.77. The predicted octanol–water partition coefficient (Wildman–Crippen LogP) is 3.51. The van der Waals surface area contributed by atoms with Crippen LogP contribution in [0.3, 0.4) is 0 Å². The fraction of sp³-hybridized carbons (Fsp3) is 0.353. The molecular formula is C17H22N2. The van der Waals surface area contributed by atoms with E-state index in [0.29, 0.717) is 6.04 Å². The van der Waals surface area contributed by atoms with Gasteiger partial charge in [0.15, 0.2) is 0 Å². The topological polar surface area (TPSA) is 24.9 Å². The number of hydrogen-bond donors (Lipinski definition) is 1. The highest BCUT2D eigenvalue weighted by Crippen LogP contribution is 2.24. The van der Waals surface area contributed by atoms with E-state index in [1.54, 1.807) is 0 Å². The molecule has 1 atom stereocenters. The Morgan fingerprint density at radius 2 is 1.84 bits per heavy atom. The Morgan fingerprint density at radius 1 is 1.11 bits per heavy atom. The van der Waals surface area contributed by atoms with Gasteiger partial charge in [0.1, 0.15) is 0 Å². The lowest BCUT2D eigenvalue weighted by Gasteiger charge is -2.20. The number of benzene rings is 1. The second kappa shape index (κ2) is 5.98. The van der Waals surface area contributed by atoms with Crippen LogP contribution in [-0.4, -0.2) is 12.0 Å². The van der Waals surface area contributed by atoms with Crippen molar-refractivity contribution in [1.82, 2.24) is 10.3 Å². The molecule has 0 fully saturated rings. The molecule has 100 valence electrons. The van der Waals surface area contributed by atoms with E-state index in [9.17, 15) is 0 Å². The molecule has 1 N–H and O–H groups in total. The minimum absolute atomic E-state index is 0.337. The van der Waals surface area contributed by atoms with Gasteiger partial charge in [-0.25, -0.2) is 0 Å². The van der Waals surface area contributed by atoms with E-state index in [-0.39, 0.29) is 0 Å². The van der Waals surface area contributed by atoms with Gasteiger partial charge in [-0.15, -0.1) is 0 Å². The Labute approximate surface area is 115 Å². The van der Waals surface area contributed by atoms with Crippen molar-refractivity contribution in [3.63, 3.8) is 0 Å². The molecule has 0 saturated heterocycles. The summed E-state index contributed by atoms with van der Waals surface area (Å²) in [4.78, 5) is 4.19. The molecule has 1 aromatic heterocycles. The lowest BCUT2D eigenvalue weighted by molar-refractivity contribution is 0.587. The molecule has 0 aliphatic heterocycles. The minimum atomic E-state index is 0.337. The fourth-order valence-electron chi connectivity index (χ4n) is 2.48. The van der Waals surface area contributed by atoms with E-state index in [2.05, 4.69) is 49.3 Å². The average molecular weight is 254 g/mol. The first-order valence-corrected chi connectivity index (χ1v) is 6.75. The van der Waals surface area contributed by atoms with Crippen LogP contribution in [0.15, 0.2) is 36.7 Å². The van der Waals surface area contributed by atoms with E-state index in [4.69, 9.17) is 0 Å². The van der Waals surface area contributed by atoms with Crippen molar-refractivity contribution in [1.29, 1.82) is 0 Å². The first-order valence-electron chi connectivity index (χ1n) is 6.75. The summed E-state index contributed by atoms with van der Waals surface area (Å²) in [6, 6.07) is 9.05. The molecular weight excluding hydrogens is 232 g/mol. The minimum Gasteiger partial charge on any atom is -0.313 e. The number of pyridine rings is 1. The number of nitrogens with zero attached hydrogens (tertiary/aromatic N) is 1. The van der Waals surface area contributed by atoms with E-state index < -0.39 is 0 Å². The molecule has 0 aliphatic rings. The molecule has 0 aliphatic carbocycles. The van der Waals surface area contributed by atoms with Gasteiger partial charge in [0, 0.05) is 18.4 Å². The molecule has 2 nitrogen and oxygen atoms in total. The molecule has 1 aromatic carbocycles. The zero-order valence-corrected chi connectivity index (χ0v) is 12.2. The fourth-order valence-corrected chi connectivity index (χ4v) is 2.48. The highest BCUT2D eigenvalue weighted by atomic mass is 14.9. The Morgan fingerprint density at radius 3 is 2.47 bits per heavy atom. The molecule has 2 rings (SSSR count). The maximum Gasteiger partial charge on any atom is 0.0361 e. The molecule has 0 spiro atoms. The Bertz CT molecular complexity index is 547. The van der Waals surface area contributed by atoms with Crippen LogP contribution in [0.2, 0.25) is 0 Å². The molecule has 2 aromatic rings. The summed E-state index contributed by atoms with van der Waals surface area (Å²) < 4.78 is 0. The van der Waals surface area contributed by atoms with E-state index in [1.807, 2.05) is 25.5 Å². The summed E-state index contributed by atoms with van der Waals surface area (Å²) in [6.07, 6.45) is 4.73. The largest absolute Gasteiger partial charge is 0.313 e. The van der Waals surface area contributed by atoms with Gasteiger partial charge in [-0.1, -0.05) is 18.2 Å². The van der Waals surface area contributed by atoms with Crippen molar-refractivity contribution < 1.29 is 0 Å². The van der Waals surface area contributed by atoms with Gasteiger partial charge in [-0.05, 0) is 68.1 Å². The van der Waals surface area contributed by atoms with Crippen molar-refractivity contribution in [2.24, 2.45) is 0 Å². The predicted molar refractivity (Wildman–Crippen MR) is 80.4 cm³/mol. The van der Waals surface area contributed by atoms with E-state index in [1.165, 1.54) is 27.8 Å². The van der Waals surface area contributed by atoms with Crippen LogP contribution in [0.4, 0.5) is 0 Å². The second-order valence-electron chi connectivity index (χ2n) is 5.20. The van der Waals surface area contributed by atoms with Crippen LogP contribution in [0.1, 0.15) is 33.9 Å². The van der Waals surface area contributed by atoms with E-state index >= 15 is 0 Å². The maximum absolute atomic E-state index is 4.19. The first kappa shape index (κ1) is 13.8. The zero-order valence-electron chi connectivity index (χ0n) is 12.2. The van der Waals surface area contributed by atoms with Gasteiger partial charge in [0.05, 0.1) is 0 Å². The molecule has 0 radical (unpaired) electrons. The monoisotopic (exact) mass is 254 g/mol. The molecule has 0 bridgehead atoms. The quantitative estimate of drug-likeness (QED) is 0.903. The summed E-state index contributed by atoms with van der Waals surface area (Å²) in [6.45, 7) is 6.53. The normalized spacial score (nSPS) is 12.4. The van der Waals surface area contributed by atoms with Crippen LogP contribution < -0.4 is 5.32 Å². The summed E-state index contributed by atoms with van der Waals surface area (Å²) in [5, 5.41) is 3.43. The second-order valence-corrected chi connectivity index (χ2v) is 5.20. The van der Waals surface area contributed by atoms with Crippen molar-refractivity contribution in [2.45, 2.75) is 33.2 Å². The number of hydrogen-bond acceptors (Lipinski definition) is 2. The van der Waals surface area contributed by atoms with Gasteiger partial charge in [0.25, 0.3) is 0 Å². The molecule has 0 amide bonds. The van der Waals surface area contributed by atoms with Gasteiger partial charge in [-0.2, -0.15) is 0 Å². The Balaban J connectivity index is 2.30. The van der Waals surface area contributed by atoms with Crippen LogP contribution in [0.5, 0.6) is 0 Å². The highest BCUT2D eigenvalue weighted by Gasteiger charge is 2.13. The van der Waals surface area contributed by atoms with Crippen LogP contribution in [0, 0.1) is 20.8 Å². The molecule has 19 heavy (non-hydrogen) atoms. The molecule has 1 heterocycles. The SMILES string of the molecule is CNC(Cc1cccnc1)c1cc(C)c(C)cc1C. The van der Waals surface area contributed by atoms with Gasteiger partial charge in [-0.3, -0.25) is 4.98 Å². The van der Waals surface area contributed by atoms with Crippen molar-refractivity contribution in [3.05, 3.63) is 64.5 Å². The van der Waals surface area contributed by atoms with Gasteiger partial charge >= 0.3 is 0 Å². The number of nitrogens with one attached hydrogen (secondary N) is 1. The van der Waals surface area contributed by atoms with Crippen molar-refractivity contribution >= 4 is 0 Å². The summed E-state index contributed by atoms with van der Waals surface area (Å²) in [5.74, 6) is 0. The number of rotatable bonds is 4. The first-order chi connectivity index (χ1) is 9.11. The number of aryl methyl sites for hydroxylation is 3. The summed E-state index contributed by atoms with van der Waals surface area (Å²) in [7, 11) is 2.02. The smallest absolute Gasteiger partial charge is 0.0361 e. The maximum atomic E-state index is 4.19. The number of aromatic nitrogens is 1. The van der Waals surface area contributed by atoms with Gasteiger partial charge in [0.2, 0.25) is 0 Å². The van der Waals surface area contributed by atoms with E-state index in [0.717, 1.165) is 6.42 Å². The Kier molecular flexibility index (Phi) is 4.33. The lowest BCUT2D eigenvalue weighted by atomic mass is 9.92. The van der Waals surface area contributed by atoms with Gasteiger partial charge < -0.3 is 5.32 Å². The molecule has 1 unspecified atom stereocenters. The summed E-state index contributed by atoms with van der Waals surface area (Å²) in [5.41, 5.74) is 6.71. The highest BCUT2D eigenvalue weighted by molar-refractivity contribution is 5.38. The van der Waals surface area contributed by atoms with Crippen molar-refractivity contribution in [3.8, 4) is 0 Å². The third kappa shape index (κ3) is 3.21. The standard InChI is InChI=1S/C17H22N2/c1-12-8-14(3)16(9-13(12)2)17(18-4)10-15-6-5-7-19-11-15/h5-9,11,17-18H,10H2,1-4H3. The third-order valence-electron chi connectivity index (χ3n) is 3.77. The molecule has 2 heteroatoms. The summed E-state index contributed by atoms with van der Waals surface area (Å²) >= 11 is 0. The van der Waals surface area contributed by atoms with Crippen LogP contribution in [0.25, 0.3) is 0 Å². The lowest BCUT2D eigenvalue weighted by Crippen LogP contribution is -2.20.